The fourth-order valence-electron chi connectivity index (χ4n) is 1.76. The molecule has 1 aromatic carbocycles. The van der Waals surface area contributed by atoms with Gasteiger partial charge in [-0.25, -0.2) is 0 Å². The Morgan fingerprint density at radius 2 is 2.00 bits per heavy atom. The second-order valence-corrected chi connectivity index (χ2v) is 3.52. The zero-order valence-corrected chi connectivity index (χ0v) is 8.42. The summed E-state index contributed by atoms with van der Waals surface area (Å²) in [4.78, 5) is 12.1. The topological polar surface area (TPSA) is 50.7 Å². The van der Waals surface area contributed by atoms with E-state index in [4.69, 9.17) is 0 Å². The van der Waals surface area contributed by atoms with Crippen molar-refractivity contribution in [3.63, 3.8) is 0 Å². The number of aromatic nitrogens is 3. The molecule has 0 saturated heterocycles. The van der Waals surface area contributed by atoms with Crippen LogP contribution in [0.3, 0.4) is 0 Å². The molecule has 0 aliphatic carbocycles. The molecule has 1 N–H and O–H groups in total. The van der Waals surface area contributed by atoms with Gasteiger partial charge in [-0.05, 0) is 17.5 Å². The minimum Gasteiger partial charge on any atom is -0.268 e. The quantitative estimate of drug-likeness (QED) is 0.666. The van der Waals surface area contributed by atoms with Crippen LogP contribution >= 0.6 is 0 Å². The van der Waals surface area contributed by atoms with Crippen LogP contribution in [0.1, 0.15) is 0 Å². The average Bonchev–Trinajstić information content (AvgIpc) is 2.83. The first-order valence-electron chi connectivity index (χ1n) is 4.96. The van der Waals surface area contributed by atoms with Crippen molar-refractivity contribution in [2.75, 3.05) is 0 Å². The summed E-state index contributed by atoms with van der Waals surface area (Å²) in [6.07, 6.45) is 3.37. The molecule has 0 spiro atoms. The molecule has 2 aromatic heterocycles. The van der Waals surface area contributed by atoms with E-state index in [9.17, 15) is 4.79 Å². The van der Waals surface area contributed by atoms with Crippen molar-refractivity contribution in [1.82, 2.24) is 14.8 Å². The molecule has 2 heterocycles. The zero-order chi connectivity index (χ0) is 11.0. The molecular weight excluding hydrogens is 202 g/mol. The highest BCUT2D eigenvalue weighted by Crippen LogP contribution is 2.09. The van der Waals surface area contributed by atoms with Crippen molar-refractivity contribution in [3.8, 4) is 5.82 Å². The highest BCUT2D eigenvalue weighted by Gasteiger charge is 2.03. The molecule has 78 valence electrons. The van der Waals surface area contributed by atoms with E-state index in [-0.39, 0.29) is 5.56 Å². The SMILES string of the molecule is O=c1c2ccccc2ccn1-c1ccn[nH]1. The molecule has 0 aliphatic heterocycles. The lowest BCUT2D eigenvalue weighted by atomic mass is 10.2. The maximum Gasteiger partial charge on any atom is 0.264 e. The van der Waals surface area contributed by atoms with Crippen molar-refractivity contribution in [2.24, 2.45) is 0 Å². The first kappa shape index (κ1) is 8.91. The number of fused-ring (bicyclic) bond motifs is 1. The molecule has 0 saturated carbocycles. The molecule has 0 atom stereocenters. The molecule has 0 amide bonds. The molecule has 4 heteroatoms. The number of H-pyrrole nitrogens is 1. The standard InChI is InChI=1S/C12H9N3O/c16-12-10-4-2-1-3-9(10)6-8-15(12)11-5-7-13-14-11/h1-8H,(H,13,14). The largest absolute Gasteiger partial charge is 0.268 e. The van der Waals surface area contributed by atoms with Gasteiger partial charge < -0.3 is 0 Å². The van der Waals surface area contributed by atoms with Crippen LogP contribution in [0.15, 0.2) is 53.6 Å². The Hall–Kier alpha value is -2.36. The lowest BCUT2D eigenvalue weighted by molar-refractivity contribution is 0.927. The molecule has 0 aliphatic rings. The van der Waals surface area contributed by atoms with Crippen LogP contribution in [0.5, 0.6) is 0 Å². The Balaban J connectivity index is 2.37. The predicted octanol–water partition coefficient (Wildman–Crippen LogP) is 1.71. The van der Waals surface area contributed by atoms with Gasteiger partial charge in [0, 0.05) is 17.6 Å². The summed E-state index contributed by atoms with van der Waals surface area (Å²) in [7, 11) is 0. The maximum atomic E-state index is 12.1. The summed E-state index contributed by atoms with van der Waals surface area (Å²) in [6.45, 7) is 0. The normalized spacial score (nSPS) is 10.8. The van der Waals surface area contributed by atoms with E-state index < -0.39 is 0 Å². The summed E-state index contributed by atoms with van der Waals surface area (Å²) < 4.78 is 1.55. The first-order chi connectivity index (χ1) is 7.86. The van der Waals surface area contributed by atoms with Crippen LogP contribution in [-0.2, 0) is 0 Å². The summed E-state index contributed by atoms with van der Waals surface area (Å²) >= 11 is 0. The summed E-state index contributed by atoms with van der Waals surface area (Å²) in [5.74, 6) is 0.677. The molecule has 0 bridgehead atoms. The van der Waals surface area contributed by atoms with E-state index in [0.717, 1.165) is 5.39 Å². The molecule has 16 heavy (non-hydrogen) atoms. The van der Waals surface area contributed by atoms with Crippen LogP contribution < -0.4 is 5.56 Å². The van der Waals surface area contributed by atoms with Crippen LogP contribution in [0.2, 0.25) is 0 Å². The van der Waals surface area contributed by atoms with Gasteiger partial charge in [0.2, 0.25) is 0 Å². The average molecular weight is 211 g/mol. The van der Waals surface area contributed by atoms with Crippen LogP contribution in [0.4, 0.5) is 0 Å². The zero-order valence-electron chi connectivity index (χ0n) is 8.42. The van der Waals surface area contributed by atoms with Gasteiger partial charge in [0.15, 0.2) is 0 Å². The Labute approximate surface area is 91.2 Å². The summed E-state index contributed by atoms with van der Waals surface area (Å²) in [5, 5.41) is 8.26. The van der Waals surface area contributed by atoms with Crippen LogP contribution in [-0.4, -0.2) is 14.8 Å². The monoisotopic (exact) mass is 211 g/mol. The molecule has 0 unspecified atom stereocenters. The number of hydrogen-bond acceptors (Lipinski definition) is 2. The molecular formula is C12H9N3O. The van der Waals surface area contributed by atoms with E-state index in [1.807, 2.05) is 30.3 Å². The molecule has 4 nitrogen and oxygen atoms in total. The van der Waals surface area contributed by atoms with Crippen molar-refractivity contribution in [2.45, 2.75) is 0 Å². The second-order valence-electron chi connectivity index (χ2n) is 3.52. The smallest absolute Gasteiger partial charge is 0.264 e. The van der Waals surface area contributed by atoms with Gasteiger partial charge >= 0.3 is 0 Å². The minimum absolute atomic E-state index is 0.0395. The number of rotatable bonds is 1. The lowest BCUT2D eigenvalue weighted by Gasteiger charge is -2.03. The maximum absolute atomic E-state index is 12.1. The van der Waals surface area contributed by atoms with Crippen molar-refractivity contribution >= 4 is 10.8 Å². The van der Waals surface area contributed by atoms with Crippen molar-refractivity contribution in [3.05, 3.63) is 59.1 Å². The van der Waals surface area contributed by atoms with E-state index in [0.29, 0.717) is 11.2 Å². The Kier molecular flexibility index (Phi) is 1.86. The molecule has 3 rings (SSSR count). The third-order valence-corrected chi connectivity index (χ3v) is 2.56. The van der Waals surface area contributed by atoms with Gasteiger partial charge in [-0.3, -0.25) is 14.5 Å². The highest BCUT2D eigenvalue weighted by molar-refractivity contribution is 5.81. The van der Waals surface area contributed by atoms with Crippen LogP contribution in [0, 0.1) is 0 Å². The highest BCUT2D eigenvalue weighted by atomic mass is 16.1. The Morgan fingerprint density at radius 1 is 1.12 bits per heavy atom. The van der Waals surface area contributed by atoms with Gasteiger partial charge in [0.1, 0.15) is 5.82 Å². The molecule has 3 aromatic rings. The number of pyridine rings is 1. The number of aromatic amines is 1. The summed E-state index contributed by atoms with van der Waals surface area (Å²) in [5.41, 5.74) is -0.0395. The van der Waals surface area contributed by atoms with Crippen molar-refractivity contribution in [1.29, 1.82) is 0 Å². The fourth-order valence-corrected chi connectivity index (χ4v) is 1.76. The van der Waals surface area contributed by atoms with Gasteiger partial charge in [-0.1, -0.05) is 18.2 Å². The third-order valence-electron chi connectivity index (χ3n) is 2.56. The second kappa shape index (κ2) is 3.34. The fraction of sp³-hybridized carbons (Fsp3) is 0. The number of nitrogens with zero attached hydrogens (tertiary/aromatic N) is 2. The lowest BCUT2D eigenvalue weighted by Crippen LogP contribution is -2.17. The first-order valence-corrected chi connectivity index (χ1v) is 4.96. The number of nitrogens with one attached hydrogen (secondary N) is 1. The van der Waals surface area contributed by atoms with Gasteiger partial charge in [0.25, 0.3) is 5.56 Å². The van der Waals surface area contributed by atoms with E-state index in [1.165, 1.54) is 0 Å². The summed E-state index contributed by atoms with van der Waals surface area (Å²) in [6, 6.07) is 11.2. The minimum atomic E-state index is -0.0395. The van der Waals surface area contributed by atoms with Gasteiger partial charge in [0.05, 0.1) is 6.20 Å². The van der Waals surface area contributed by atoms with Crippen molar-refractivity contribution < 1.29 is 0 Å². The van der Waals surface area contributed by atoms with Crippen LogP contribution in [0.25, 0.3) is 16.6 Å². The van der Waals surface area contributed by atoms with E-state index >= 15 is 0 Å². The molecule has 0 radical (unpaired) electrons. The number of benzene rings is 1. The number of hydrogen-bond donors (Lipinski definition) is 1. The predicted molar refractivity (Wildman–Crippen MR) is 61.7 cm³/mol. The Morgan fingerprint density at radius 3 is 2.81 bits per heavy atom. The third kappa shape index (κ3) is 1.24. The Bertz CT molecular complexity index is 683. The molecule has 0 fully saturated rings. The van der Waals surface area contributed by atoms with E-state index in [2.05, 4.69) is 10.2 Å². The van der Waals surface area contributed by atoms with Gasteiger partial charge in [-0.15, -0.1) is 0 Å². The van der Waals surface area contributed by atoms with E-state index in [1.54, 1.807) is 23.0 Å². The van der Waals surface area contributed by atoms with Gasteiger partial charge in [-0.2, -0.15) is 5.10 Å².